The number of carbonyl (C=O) groups excluding carboxylic acids is 2. The normalized spacial score (nSPS) is 11.7. The van der Waals surface area contributed by atoms with Gasteiger partial charge in [0.1, 0.15) is 6.61 Å². The summed E-state index contributed by atoms with van der Waals surface area (Å²) in [6, 6.07) is 7.35. The maximum absolute atomic E-state index is 11.7. The van der Waals surface area contributed by atoms with E-state index in [1.54, 1.807) is 12.1 Å². The van der Waals surface area contributed by atoms with Gasteiger partial charge in [0.25, 0.3) is 5.91 Å². The zero-order valence-electron chi connectivity index (χ0n) is 10.7. The van der Waals surface area contributed by atoms with Crippen molar-refractivity contribution in [3.8, 4) is 0 Å². The van der Waals surface area contributed by atoms with Gasteiger partial charge < -0.3 is 14.8 Å². The number of rotatable bonds is 5. The number of nitrogens with one attached hydrogen (secondary N) is 1. The molecule has 0 aliphatic rings. The van der Waals surface area contributed by atoms with Crippen LogP contribution in [0.4, 0.5) is 5.69 Å². The highest BCUT2D eigenvalue weighted by molar-refractivity contribution is 5.95. The standard InChI is InChI=1S/C13H17NO4/c1-9-4-6-11(7-5-9)14-13(16)10(2)18-12(15)8-17-3/h4-7,10H,8H2,1-3H3,(H,14,16)/t10-/m1/s1. The van der Waals surface area contributed by atoms with E-state index < -0.39 is 12.1 Å². The lowest BCUT2D eigenvalue weighted by atomic mass is 10.2. The minimum absolute atomic E-state index is 0.165. The Hall–Kier alpha value is -1.88. The van der Waals surface area contributed by atoms with Crippen LogP contribution in [0.15, 0.2) is 24.3 Å². The predicted octanol–water partition coefficient (Wildman–Crippen LogP) is 1.51. The maximum Gasteiger partial charge on any atom is 0.332 e. The summed E-state index contributed by atoms with van der Waals surface area (Å²) in [7, 11) is 1.39. The Morgan fingerprint density at radius 3 is 2.44 bits per heavy atom. The van der Waals surface area contributed by atoms with E-state index in [4.69, 9.17) is 4.74 Å². The first-order chi connectivity index (χ1) is 8.52. The molecule has 0 radical (unpaired) electrons. The van der Waals surface area contributed by atoms with Crippen LogP contribution in [0.5, 0.6) is 0 Å². The monoisotopic (exact) mass is 251 g/mol. The largest absolute Gasteiger partial charge is 0.451 e. The van der Waals surface area contributed by atoms with Crippen molar-refractivity contribution in [2.75, 3.05) is 19.0 Å². The van der Waals surface area contributed by atoms with E-state index in [-0.39, 0.29) is 12.5 Å². The summed E-state index contributed by atoms with van der Waals surface area (Å²) in [6.45, 7) is 3.31. The molecule has 0 spiro atoms. The number of ether oxygens (including phenoxy) is 2. The third kappa shape index (κ3) is 4.55. The number of amides is 1. The second-order valence-electron chi connectivity index (χ2n) is 3.92. The molecular weight excluding hydrogens is 234 g/mol. The predicted molar refractivity (Wildman–Crippen MR) is 67.2 cm³/mol. The zero-order chi connectivity index (χ0) is 13.5. The van der Waals surface area contributed by atoms with Gasteiger partial charge in [-0.05, 0) is 26.0 Å². The van der Waals surface area contributed by atoms with E-state index >= 15 is 0 Å². The van der Waals surface area contributed by atoms with Gasteiger partial charge in [0.05, 0.1) is 0 Å². The lowest BCUT2D eigenvalue weighted by Crippen LogP contribution is -2.31. The third-order valence-corrected chi connectivity index (χ3v) is 2.26. The topological polar surface area (TPSA) is 64.6 Å². The molecule has 5 nitrogen and oxygen atoms in total. The first-order valence-corrected chi connectivity index (χ1v) is 5.59. The highest BCUT2D eigenvalue weighted by Gasteiger charge is 2.17. The lowest BCUT2D eigenvalue weighted by Gasteiger charge is -2.13. The Labute approximate surface area is 106 Å². The molecule has 0 fully saturated rings. The molecule has 18 heavy (non-hydrogen) atoms. The molecule has 0 unspecified atom stereocenters. The molecule has 1 amide bonds. The average molecular weight is 251 g/mol. The number of anilines is 1. The van der Waals surface area contributed by atoms with Crippen molar-refractivity contribution in [2.45, 2.75) is 20.0 Å². The quantitative estimate of drug-likeness (QED) is 0.806. The van der Waals surface area contributed by atoms with E-state index in [9.17, 15) is 9.59 Å². The molecule has 1 aromatic carbocycles. The van der Waals surface area contributed by atoms with Crippen molar-refractivity contribution in [1.29, 1.82) is 0 Å². The van der Waals surface area contributed by atoms with E-state index in [0.717, 1.165) is 5.56 Å². The highest BCUT2D eigenvalue weighted by Crippen LogP contribution is 2.09. The number of benzene rings is 1. The van der Waals surface area contributed by atoms with Gasteiger partial charge in [-0.3, -0.25) is 4.79 Å². The van der Waals surface area contributed by atoms with E-state index in [0.29, 0.717) is 5.69 Å². The summed E-state index contributed by atoms with van der Waals surface area (Å²) in [4.78, 5) is 22.8. The molecule has 5 heteroatoms. The molecule has 0 bridgehead atoms. The average Bonchev–Trinajstić information content (AvgIpc) is 2.32. The molecule has 1 aromatic rings. The SMILES string of the molecule is COCC(=O)O[C@H](C)C(=O)Nc1ccc(C)cc1. The number of carbonyl (C=O) groups is 2. The molecule has 0 aromatic heterocycles. The van der Waals surface area contributed by atoms with Crippen molar-refractivity contribution >= 4 is 17.6 Å². The van der Waals surface area contributed by atoms with Crippen LogP contribution < -0.4 is 5.32 Å². The number of aryl methyl sites for hydroxylation is 1. The Morgan fingerprint density at radius 1 is 1.28 bits per heavy atom. The molecule has 1 atom stereocenters. The zero-order valence-corrected chi connectivity index (χ0v) is 10.7. The molecule has 1 rings (SSSR count). The second kappa shape index (κ2) is 6.76. The van der Waals surface area contributed by atoms with Crippen LogP contribution in [0, 0.1) is 6.92 Å². The fraction of sp³-hybridized carbons (Fsp3) is 0.385. The first kappa shape index (κ1) is 14.2. The summed E-state index contributed by atoms with van der Waals surface area (Å²) in [5.41, 5.74) is 1.77. The summed E-state index contributed by atoms with van der Waals surface area (Å²) in [5.74, 6) is -0.938. The lowest BCUT2D eigenvalue weighted by molar-refractivity contribution is -0.156. The van der Waals surface area contributed by atoms with Gasteiger partial charge in [-0.15, -0.1) is 0 Å². The van der Waals surface area contributed by atoms with E-state index in [1.165, 1.54) is 14.0 Å². The van der Waals surface area contributed by atoms with E-state index in [1.807, 2.05) is 19.1 Å². The summed E-state index contributed by atoms with van der Waals surface area (Å²) in [6.07, 6.45) is -0.853. The first-order valence-electron chi connectivity index (χ1n) is 5.59. The minimum Gasteiger partial charge on any atom is -0.451 e. The number of hydrogen-bond acceptors (Lipinski definition) is 4. The van der Waals surface area contributed by atoms with Gasteiger partial charge in [0.15, 0.2) is 6.10 Å². The van der Waals surface area contributed by atoms with Crippen molar-refractivity contribution in [1.82, 2.24) is 0 Å². The Morgan fingerprint density at radius 2 is 1.89 bits per heavy atom. The Bertz CT molecular complexity index is 414. The number of hydrogen-bond donors (Lipinski definition) is 1. The Balaban J connectivity index is 2.49. The molecular formula is C13H17NO4. The fourth-order valence-corrected chi connectivity index (χ4v) is 1.28. The van der Waals surface area contributed by atoms with Crippen molar-refractivity contribution in [2.24, 2.45) is 0 Å². The number of esters is 1. The molecule has 0 saturated heterocycles. The summed E-state index contributed by atoms with van der Waals surface area (Å²) < 4.78 is 9.48. The molecule has 0 heterocycles. The molecule has 0 saturated carbocycles. The molecule has 1 N–H and O–H groups in total. The van der Waals surface area contributed by atoms with Gasteiger partial charge in [-0.25, -0.2) is 4.79 Å². The van der Waals surface area contributed by atoms with Gasteiger partial charge in [-0.1, -0.05) is 17.7 Å². The second-order valence-corrected chi connectivity index (χ2v) is 3.92. The molecule has 0 aliphatic carbocycles. The van der Waals surface area contributed by atoms with Crippen LogP contribution in [-0.4, -0.2) is 31.7 Å². The number of methoxy groups -OCH3 is 1. The van der Waals surface area contributed by atoms with Crippen LogP contribution in [-0.2, 0) is 19.1 Å². The fourth-order valence-electron chi connectivity index (χ4n) is 1.28. The maximum atomic E-state index is 11.7. The van der Waals surface area contributed by atoms with Crippen LogP contribution in [0.3, 0.4) is 0 Å². The van der Waals surface area contributed by atoms with Crippen LogP contribution in [0.25, 0.3) is 0 Å². The van der Waals surface area contributed by atoms with Crippen LogP contribution in [0.2, 0.25) is 0 Å². The van der Waals surface area contributed by atoms with Gasteiger partial charge in [0.2, 0.25) is 0 Å². The van der Waals surface area contributed by atoms with Gasteiger partial charge in [-0.2, -0.15) is 0 Å². The summed E-state index contributed by atoms with van der Waals surface area (Å²) >= 11 is 0. The third-order valence-electron chi connectivity index (χ3n) is 2.26. The van der Waals surface area contributed by atoms with Crippen molar-refractivity contribution in [3.05, 3.63) is 29.8 Å². The smallest absolute Gasteiger partial charge is 0.332 e. The van der Waals surface area contributed by atoms with Gasteiger partial charge >= 0.3 is 5.97 Å². The van der Waals surface area contributed by atoms with Crippen molar-refractivity contribution < 1.29 is 19.1 Å². The molecule has 98 valence electrons. The highest BCUT2D eigenvalue weighted by atomic mass is 16.6. The molecule has 0 aliphatic heterocycles. The minimum atomic E-state index is -0.853. The van der Waals surface area contributed by atoms with Crippen LogP contribution >= 0.6 is 0 Å². The van der Waals surface area contributed by atoms with Gasteiger partial charge in [0, 0.05) is 12.8 Å². The van der Waals surface area contributed by atoms with E-state index in [2.05, 4.69) is 10.1 Å². The van der Waals surface area contributed by atoms with Crippen LogP contribution in [0.1, 0.15) is 12.5 Å². The Kier molecular flexibility index (Phi) is 5.32. The van der Waals surface area contributed by atoms with Crippen molar-refractivity contribution in [3.63, 3.8) is 0 Å². The summed E-state index contributed by atoms with van der Waals surface area (Å²) in [5, 5.41) is 2.66.